The Morgan fingerprint density at radius 1 is 1.02 bits per heavy atom. The number of carboxylic acids is 1. The second-order valence-corrected chi connectivity index (χ2v) is 12.2. The summed E-state index contributed by atoms with van der Waals surface area (Å²) in [6, 6.07) is 22.2. The maximum atomic E-state index is 15.6. The molecule has 5 aromatic rings. The van der Waals surface area contributed by atoms with Crippen LogP contribution in [0.3, 0.4) is 0 Å². The summed E-state index contributed by atoms with van der Waals surface area (Å²) >= 11 is 0. The van der Waals surface area contributed by atoms with Crippen LogP contribution in [0.4, 0.5) is 8.78 Å². The lowest BCUT2D eigenvalue weighted by Crippen LogP contribution is -2.25. The summed E-state index contributed by atoms with van der Waals surface area (Å²) in [7, 11) is 0. The fraction of sp³-hybridized carbons (Fsp3) is 0.278. The molecule has 0 atom stereocenters. The first-order valence-corrected chi connectivity index (χ1v) is 15.1. The summed E-state index contributed by atoms with van der Waals surface area (Å²) in [5.41, 5.74) is 4.03. The molecule has 0 bridgehead atoms. The van der Waals surface area contributed by atoms with Crippen LogP contribution in [0, 0.1) is 28.4 Å². The van der Waals surface area contributed by atoms with Crippen LogP contribution in [0.25, 0.3) is 22.3 Å². The average molecular weight is 621 g/mol. The molecule has 1 aliphatic heterocycles. The molecule has 7 rings (SSSR count). The number of fused-ring (bicyclic) bond motifs is 1. The van der Waals surface area contributed by atoms with Gasteiger partial charge in [-0.05, 0) is 60.4 Å². The zero-order valence-electron chi connectivity index (χ0n) is 24.9. The lowest BCUT2D eigenvalue weighted by Gasteiger charge is -2.26. The van der Waals surface area contributed by atoms with Gasteiger partial charge in [0.05, 0.1) is 41.6 Å². The number of nitrogens with zero attached hydrogens (tertiary/aromatic N) is 4. The van der Waals surface area contributed by atoms with Crippen LogP contribution in [-0.4, -0.2) is 38.8 Å². The molecule has 2 aromatic heterocycles. The molecule has 2 fully saturated rings. The van der Waals surface area contributed by atoms with E-state index in [4.69, 9.17) is 14.5 Å². The lowest BCUT2D eigenvalue weighted by molar-refractivity contribution is 0.00830. The van der Waals surface area contributed by atoms with Crippen molar-refractivity contribution in [1.29, 1.82) is 5.26 Å². The van der Waals surface area contributed by atoms with Gasteiger partial charge in [-0.2, -0.15) is 5.26 Å². The predicted molar refractivity (Wildman–Crippen MR) is 165 cm³/mol. The summed E-state index contributed by atoms with van der Waals surface area (Å²) in [6.07, 6.45) is 2.37. The average Bonchev–Trinajstić information content (AvgIpc) is 3.70. The standard InChI is InChI=1S/C36H30F2N4O4/c37-28-15-24(30-2-1-3-34(41-30)46-20-26-7-4-22(14-29(26)38)27-18-45-19-27)6-5-23(28)17-33-40-31-9-8-25(35(43)44)16-32(31)42(33)21-36(10-11-36)12-13-39/h1-9,14-16,27H,10-12,17-21H2,(H,43,44). The summed E-state index contributed by atoms with van der Waals surface area (Å²) in [5.74, 6) is -0.701. The molecule has 10 heteroatoms. The van der Waals surface area contributed by atoms with Crippen molar-refractivity contribution in [2.24, 2.45) is 5.41 Å². The molecular weight excluding hydrogens is 590 g/mol. The van der Waals surface area contributed by atoms with Gasteiger partial charge in [-0.15, -0.1) is 0 Å². The SMILES string of the molecule is N#CCC1(Cn2c(Cc3ccc(-c4cccc(OCc5ccc(C6COC6)cc5F)n4)cc3F)nc3ccc(C(=O)O)cc32)CC1. The van der Waals surface area contributed by atoms with Crippen LogP contribution < -0.4 is 4.74 Å². The van der Waals surface area contributed by atoms with E-state index < -0.39 is 11.8 Å². The molecule has 0 amide bonds. The Morgan fingerprint density at radius 3 is 2.52 bits per heavy atom. The number of imidazole rings is 1. The smallest absolute Gasteiger partial charge is 0.335 e. The van der Waals surface area contributed by atoms with E-state index in [1.54, 1.807) is 48.5 Å². The maximum Gasteiger partial charge on any atom is 0.335 e. The van der Waals surface area contributed by atoms with Crippen molar-refractivity contribution in [3.63, 3.8) is 0 Å². The Hall–Kier alpha value is -5.14. The number of pyridine rings is 1. The third-order valence-corrected chi connectivity index (χ3v) is 8.96. The van der Waals surface area contributed by atoms with Gasteiger partial charge < -0.3 is 19.1 Å². The Bertz CT molecular complexity index is 2010. The van der Waals surface area contributed by atoms with E-state index in [2.05, 4.69) is 11.1 Å². The molecule has 1 saturated heterocycles. The van der Waals surface area contributed by atoms with Gasteiger partial charge in [-0.3, -0.25) is 0 Å². The Balaban J connectivity index is 1.10. The minimum atomic E-state index is -1.04. The zero-order chi connectivity index (χ0) is 31.8. The molecule has 2 aliphatic rings. The van der Waals surface area contributed by atoms with E-state index in [0.29, 0.717) is 71.3 Å². The minimum absolute atomic E-state index is 0.00163. The van der Waals surface area contributed by atoms with E-state index in [-0.39, 0.29) is 35.7 Å². The number of hydrogen-bond donors (Lipinski definition) is 1. The van der Waals surface area contributed by atoms with E-state index in [0.717, 1.165) is 18.4 Å². The topological polar surface area (TPSA) is 110 Å². The molecule has 1 saturated carbocycles. The van der Waals surface area contributed by atoms with Gasteiger partial charge >= 0.3 is 5.97 Å². The summed E-state index contributed by atoms with van der Waals surface area (Å²) in [4.78, 5) is 20.9. The largest absolute Gasteiger partial charge is 0.478 e. The number of carboxylic acid groups (broad SMARTS) is 1. The van der Waals surface area contributed by atoms with Gasteiger partial charge in [0.2, 0.25) is 5.88 Å². The quantitative estimate of drug-likeness (QED) is 0.168. The van der Waals surface area contributed by atoms with E-state index >= 15 is 4.39 Å². The first kappa shape index (κ1) is 29.6. The Labute approximate surface area is 263 Å². The molecule has 3 aromatic carbocycles. The summed E-state index contributed by atoms with van der Waals surface area (Å²) in [6.45, 7) is 1.72. The number of ether oxygens (including phenoxy) is 2. The van der Waals surface area contributed by atoms with Crippen molar-refractivity contribution < 1.29 is 28.2 Å². The highest BCUT2D eigenvalue weighted by Crippen LogP contribution is 2.50. The van der Waals surface area contributed by atoms with Crippen molar-refractivity contribution in [3.8, 4) is 23.2 Å². The first-order valence-electron chi connectivity index (χ1n) is 15.1. The number of aromatic carboxylic acids is 1. The van der Waals surface area contributed by atoms with Crippen molar-refractivity contribution in [2.45, 2.75) is 44.8 Å². The Kier molecular flexibility index (Phi) is 7.70. The van der Waals surface area contributed by atoms with E-state index in [1.165, 1.54) is 18.2 Å². The van der Waals surface area contributed by atoms with Crippen molar-refractivity contribution in [1.82, 2.24) is 14.5 Å². The zero-order valence-corrected chi connectivity index (χ0v) is 24.9. The molecule has 232 valence electrons. The molecule has 0 unspecified atom stereocenters. The molecule has 3 heterocycles. The van der Waals surface area contributed by atoms with Crippen molar-refractivity contribution in [2.75, 3.05) is 13.2 Å². The predicted octanol–water partition coefficient (Wildman–Crippen LogP) is 7.05. The van der Waals surface area contributed by atoms with Gasteiger partial charge in [-0.1, -0.05) is 30.3 Å². The van der Waals surface area contributed by atoms with Gasteiger partial charge in [0, 0.05) is 47.9 Å². The second kappa shape index (κ2) is 12.0. The number of benzene rings is 3. The van der Waals surface area contributed by atoms with Crippen molar-refractivity contribution >= 4 is 17.0 Å². The first-order chi connectivity index (χ1) is 22.3. The van der Waals surface area contributed by atoms with Crippen molar-refractivity contribution in [3.05, 3.63) is 113 Å². The second-order valence-electron chi connectivity index (χ2n) is 12.2. The normalized spacial score (nSPS) is 15.3. The molecule has 1 N–H and O–H groups in total. The molecule has 8 nitrogen and oxygen atoms in total. The number of halogens is 2. The molecule has 1 aliphatic carbocycles. The fourth-order valence-corrected chi connectivity index (χ4v) is 5.88. The molecule has 0 radical (unpaired) electrons. The summed E-state index contributed by atoms with van der Waals surface area (Å²) in [5, 5.41) is 18.9. The van der Waals surface area contributed by atoms with E-state index in [9.17, 15) is 19.6 Å². The lowest BCUT2D eigenvalue weighted by atomic mass is 9.96. The van der Waals surface area contributed by atoms with E-state index in [1.807, 2.05) is 10.6 Å². The summed E-state index contributed by atoms with van der Waals surface area (Å²) < 4.78 is 43.2. The number of nitriles is 1. The van der Waals surface area contributed by atoms with Gasteiger partial charge in [0.1, 0.15) is 24.1 Å². The van der Waals surface area contributed by atoms with Crippen LogP contribution in [-0.2, 0) is 24.3 Å². The Morgan fingerprint density at radius 2 is 1.83 bits per heavy atom. The van der Waals surface area contributed by atoms with Crippen LogP contribution in [0.2, 0.25) is 0 Å². The fourth-order valence-electron chi connectivity index (χ4n) is 5.88. The van der Waals surface area contributed by atoms with Crippen LogP contribution in [0.5, 0.6) is 5.88 Å². The van der Waals surface area contributed by atoms with Crippen LogP contribution in [0.1, 0.15) is 58.1 Å². The number of hydrogen-bond acceptors (Lipinski definition) is 6. The highest BCUT2D eigenvalue weighted by Gasteiger charge is 2.43. The highest BCUT2D eigenvalue weighted by atomic mass is 19.1. The van der Waals surface area contributed by atoms with Crippen LogP contribution >= 0.6 is 0 Å². The third kappa shape index (κ3) is 5.94. The number of aromatic nitrogens is 3. The van der Waals surface area contributed by atoms with Gasteiger partial charge in [-0.25, -0.2) is 23.5 Å². The van der Waals surface area contributed by atoms with Crippen LogP contribution in [0.15, 0.2) is 72.8 Å². The van der Waals surface area contributed by atoms with Gasteiger partial charge in [0.15, 0.2) is 0 Å². The molecule has 0 spiro atoms. The number of rotatable bonds is 11. The third-order valence-electron chi connectivity index (χ3n) is 8.96. The molecular formula is C36H30F2N4O4. The number of carbonyl (C=O) groups is 1. The highest BCUT2D eigenvalue weighted by molar-refractivity contribution is 5.92. The monoisotopic (exact) mass is 620 g/mol. The maximum absolute atomic E-state index is 15.6. The minimum Gasteiger partial charge on any atom is -0.478 e. The molecule has 46 heavy (non-hydrogen) atoms. The van der Waals surface area contributed by atoms with Gasteiger partial charge in [0.25, 0.3) is 0 Å².